The van der Waals surface area contributed by atoms with Crippen LogP contribution in [0.1, 0.15) is 25.7 Å². The molecule has 1 saturated carbocycles. The fourth-order valence-corrected chi connectivity index (χ4v) is 1.92. The van der Waals surface area contributed by atoms with E-state index in [2.05, 4.69) is 6.07 Å². The molecule has 0 aliphatic heterocycles. The van der Waals surface area contributed by atoms with E-state index in [1.54, 1.807) is 11.9 Å². The number of likely N-dealkylation sites (N-methyl/N-ethyl adjacent to an activating group) is 1. The number of carbonyl (C=O) groups is 1. The molecule has 2 N–H and O–H groups in total. The van der Waals surface area contributed by atoms with Crippen molar-refractivity contribution in [3.63, 3.8) is 0 Å². The number of nitrogens with zero attached hydrogens (tertiary/aromatic N) is 2. The largest absolute Gasteiger partial charge is 0.369 e. The van der Waals surface area contributed by atoms with Crippen LogP contribution in [0.3, 0.4) is 0 Å². The molecular formula is C9H15N3O. The van der Waals surface area contributed by atoms with Gasteiger partial charge in [0.05, 0.1) is 12.6 Å². The minimum Gasteiger partial charge on any atom is -0.369 e. The van der Waals surface area contributed by atoms with Crippen LogP contribution in [0, 0.1) is 11.3 Å². The molecule has 72 valence electrons. The zero-order valence-corrected chi connectivity index (χ0v) is 7.92. The summed E-state index contributed by atoms with van der Waals surface area (Å²) in [6.07, 6.45) is 3.84. The van der Waals surface area contributed by atoms with Gasteiger partial charge in [0.15, 0.2) is 0 Å². The third-order valence-electron chi connectivity index (χ3n) is 2.76. The summed E-state index contributed by atoms with van der Waals surface area (Å²) in [5.41, 5.74) is 4.65. The van der Waals surface area contributed by atoms with Gasteiger partial charge in [-0.25, -0.2) is 0 Å². The molecule has 1 aliphatic rings. The highest BCUT2D eigenvalue weighted by atomic mass is 16.1. The van der Waals surface area contributed by atoms with E-state index in [4.69, 9.17) is 11.0 Å². The molecule has 0 spiro atoms. The molecule has 0 aromatic heterocycles. The highest BCUT2D eigenvalue weighted by molar-refractivity contribution is 5.76. The van der Waals surface area contributed by atoms with Crippen LogP contribution < -0.4 is 5.73 Å². The Morgan fingerprint density at radius 3 is 2.54 bits per heavy atom. The SMILES string of the molecule is CN(CC(N)=O)C1(C#N)CCCC1. The van der Waals surface area contributed by atoms with Gasteiger partial charge in [0.25, 0.3) is 0 Å². The summed E-state index contributed by atoms with van der Waals surface area (Å²) in [5.74, 6) is -0.371. The molecule has 0 saturated heterocycles. The van der Waals surface area contributed by atoms with Gasteiger partial charge in [-0.2, -0.15) is 5.26 Å². The second-order valence-corrected chi connectivity index (χ2v) is 3.67. The fraction of sp³-hybridized carbons (Fsp3) is 0.778. The molecular weight excluding hydrogens is 166 g/mol. The lowest BCUT2D eigenvalue weighted by molar-refractivity contribution is -0.119. The number of carbonyl (C=O) groups excluding carboxylic acids is 1. The van der Waals surface area contributed by atoms with Gasteiger partial charge in [0.1, 0.15) is 5.54 Å². The molecule has 0 unspecified atom stereocenters. The van der Waals surface area contributed by atoms with E-state index in [-0.39, 0.29) is 12.5 Å². The van der Waals surface area contributed by atoms with Crippen LogP contribution in [0.4, 0.5) is 0 Å². The molecule has 13 heavy (non-hydrogen) atoms. The number of hydrogen-bond acceptors (Lipinski definition) is 3. The first-order chi connectivity index (χ1) is 6.10. The number of nitrogens with two attached hydrogens (primary N) is 1. The Bertz CT molecular complexity index is 238. The van der Waals surface area contributed by atoms with Crippen molar-refractivity contribution in [3.05, 3.63) is 0 Å². The molecule has 0 aromatic rings. The minimum absolute atomic E-state index is 0.174. The molecule has 0 aromatic carbocycles. The second-order valence-electron chi connectivity index (χ2n) is 3.67. The number of nitriles is 1. The molecule has 0 bridgehead atoms. The maximum Gasteiger partial charge on any atom is 0.231 e. The van der Waals surface area contributed by atoms with Crippen LogP contribution in [0.5, 0.6) is 0 Å². The van der Waals surface area contributed by atoms with Gasteiger partial charge in [-0.1, -0.05) is 12.8 Å². The summed E-state index contributed by atoms with van der Waals surface area (Å²) in [4.78, 5) is 12.5. The van der Waals surface area contributed by atoms with E-state index < -0.39 is 5.54 Å². The molecule has 1 amide bonds. The number of primary amides is 1. The Balaban J connectivity index is 2.66. The summed E-state index contributed by atoms with van der Waals surface area (Å²) >= 11 is 0. The van der Waals surface area contributed by atoms with E-state index in [1.807, 2.05) is 0 Å². The number of amides is 1. The summed E-state index contributed by atoms with van der Waals surface area (Å²) < 4.78 is 0. The smallest absolute Gasteiger partial charge is 0.231 e. The van der Waals surface area contributed by atoms with Crippen LogP contribution in [-0.4, -0.2) is 29.9 Å². The van der Waals surface area contributed by atoms with E-state index >= 15 is 0 Å². The Hall–Kier alpha value is -1.08. The standard InChI is InChI=1S/C9H15N3O/c1-12(6-8(11)13)9(7-10)4-2-3-5-9/h2-6H2,1H3,(H2,11,13). The van der Waals surface area contributed by atoms with Crippen molar-refractivity contribution in [2.24, 2.45) is 5.73 Å². The molecule has 0 atom stereocenters. The maximum atomic E-state index is 10.7. The van der Waals surface area contributed by atoms with E-state index in [0.29, 0.717) is 0 Å². The fourth-order valence-electron chi connectivity index (χ4n) is 1.92. The van der Waals surface area contributed by atoms with Crippen LogP contribution in [-0.2, 0) is 4.79 Å². The number of rotatable bonds is 3. The van der Waals surface area contributed by atoms with E-state index in [9.17, 15) is 4.79 Å². The van der Waals surface area contributed by atoms with Gasteiger partial charge in [0.2, 0.25) is 5.91 Å². The monoisotopic (exact) mass is 181 g/mol. The topological polar surface area (TPSA) is 70.1 Å². The summed E-state index contributed by atoms with van der Waals surface area (Å²) in [5, 5.41) is 9.06. The highest BCUT2D eigenvalue weighted by Crippen LogP contribution is 2.33. The Kier molecular flexibility index (Phi) is 2.89. The first-order valence-electron chi connectivity index (χ1n) is 4.51. The molecule has 1 rings (SSSR count). The van der Waals surface area contributed by atoms with Gasteiger partial charge in [0, 0.05) is 0 Å². The average molecular weight is 181 g/mol. The lowest BCUT2D eigenvalue weighted by Crippen LogP contribution is -2.46. The van der Waals surface area contributed by atoms with Crippen molar-refractivity contribution < 1.29 is 4.79 Å². The van der Waals surface area contributed by atoms with Gasteiger partial charge in [-0.05, 0) is 19.9 Å². The van der Waals surface area contributed by atoms with Gasteiger partial charge < -0.3 is 5.73 Å². The predicted octanol–water partition coefficient (Wildman–Crippen LogP) is 0.240. The quantitative estimate of drug-likeness (QED) is 0.678. The molecule has 4 nitrogen and oxygen atoms in total. The molecule has 4 heteroatoms. The first kappa shape index (κ1) is 10.0. The van der Waals surface area contributed by atoms with Crippen molar-refractivity contribution >= 4 is 5.91 Å². The third-order valence-corrected chi connectivity index (χ3v) is 2.76. The summed E-state index contributed by atoms with van der Waals surface area (Å²) in [7, 11) is 1.79. The predicted molar refractivity (Wildman–Crippen MR) is 48.6 cm³/mol. The van der Waals surface area contributed by atoms with Crippen molar-refractivity contribution in [2.45, 2.75) is 31.2 Å². The maximum absolute atomic E-state index is 10.7. The van der Waals surface area contributed by atoms with E-state index in [0.717, 1.165) is 25.7 Å². The molecule has 0 heterocycles. The second kappa shape index (κ2) is 3.75. The average Bonchev–Trinajstić information content (AvgIpc) is 2.51. The Morgan fingerprint density at radius 1 is 1.62 bits per heavy atom. The van der Waals surface area contributed by atoms with Crippen LogP contribution in [0.2, 0.25) is 0 Å². The highest BCUT2D eigenvalue weighted by Gasteiger charge is 2.38. The van der Waals surface area contributed by atoms with E-state index in [1.165, 1.54) is 0 Å². The normalized spacial score (nSPS) is 20.1. The van der Waals surface area contributed by atoms with Gasteiger partial charge in [-0.3, -0.25) is 9.69 Å². The van der Waals surface area contributed by atoms with Crippen LogP contribution in [0.25, 0.3) is 0 Å². The summed E-state index contributed by atoms with van der Waals surface area (Å²) in [6, 6.07) is 2.30. The molecule has 0 radical (unpaired) electrons. The summed E-state index contributed by atoms with van der Waals surface area (Å²) in [6.45, 7) is 0.174. The van der Waals surface area contributed by atoms with Crippen molar-refractivity contribution in [1.82, 2.24) is 4.90 Å². The van der Waals surface area contributed by atoms with Gasteiger partial charge >= 0.3 is 0 Å². The lowest BCUT2D eigenvalue weighted by Gasteiger charge is -2.31. The first-order valence-corrected chi connectivity index (χ1v) is 4.51. The van der Waals surface area contributed by atoms with Gasteiger partial charge in [-0.15, -0.1) is 0 Å². The molecule has 1 fully saturated rings. The zero-order valence-electron chi connectivity index (χ0n) is 7.92. The lowest BCUT2D eigenvalue weighted by atomic mass is 9.98. The minimum atomic E-state index is -0.435. The van der Waals surface area contributed by atoms with Crippen molar-refractivity contribution in [1.29, 1.82) is 5.26 Å². The van der Waals surface area contributed by atoms with Crippen molar-refractivity contribution in [2.75, 3.05) is 13.6 Å². The Morgan fingerprint density at radius 2 is 2.15 bits per heavy atom. The third kappa shape index (κ3) is 1.99. The molecule has 1 aliphatic carbocycles. The zero-order chi connectivity index (χ0) is 9.90. The van der Waals surface area contributed by atoms with Crippen LogP contribution in [0.15, 0.2) is 0 Å². The van der Waals surface area contributed by atoms with Crippen molar-refractivity contribution in [3.8, 4) is 6.07 Å². The van der Waals surface area contributed by atoms with Crippen LogP contribution >= 0.6 is 0 Å². The number of hydrogen-bond donors (Lipinski definition) is 1. The Labute approximate surface area is 78.3 Å².